The van der Waals surface area contributed by atoms with Gasteiger partial charge in [-0.05, 0) is 42.2 Å². The van der Waals surface area contributed by atoms with E-state index in [-0.39, 0.29) is 16.8 Å². The highest BCUT2D eigenvalue weighted by atomic mass is 35.5. The van der Waals surface area contributed by atoms with E-state index in [1.807, 2.05) is 31.4 Å². The van der Waals surface area contributed by atoms with Crippen molar-refractivity contribution in [3.05, 3.63) is 80.7 Å². The molecule has 0 bridgehead atoms. The number of pyridine rings is 2. The highest BCUT2D eigenvalue weighted by Crippen LogP contribution is 2.38. The zero-order valence-corrected chi connectivity index (χ0v) is 20.5. The molecule has 8 heteroatoms. The predicted molar refractivity (Wildman–Crippen MR) is 134 cm³/mol. The Kier molecular flexibility index (Phi) is 5.62. The number of carbonyl (C=O) groups excluding carboxylic acids is 1. The van der Waals surface area contributed by atoms with E-state index in [9.17, 15) is 9.59 Å². The van der Waals surface area contributed by atoms with Gasteiger partial charge < -0.3 is 4.74 Å². The Bertz CT molecular complexity index is 1470. The number of halogens is 1. The summed E-state index contributed by atoms with van der Waals surface area (Å²) in [7, 11) is 1.52. The Morgan fingerprint density at radius 3 is 2.59 bits per heavy atom. The quantitative estimate of drug-likeness (QED) is 0.358. The number of Topliss-reactive ketones (excluding diaryl/α,β-unsaturated/α-hetero) is 1. The molecule has 0 saturated carbocycles. The first-order chi connectivity index (χ1) is 16.3. The maximum absolute atomic E-state index is 13.9. The largest absolute Gasteiger partial charge is 0.480 e. The number of carbonyl (C=O) groups is 1. The molecule has 0 spiro atoms. The Morgan fingerprint density at radius 2 is 1.85 bits per heavy atom. The monoisotopic (exact) mass is 491 g/mol. The van der Waals surface area contributed by atoms with Gasteiger partial charge >= 0.3 is 0 Å². The summed E-state index contributed by atoms with van der Waals surface area (Å²) in [4.78, 5) is 36.1. The summed E-state index contributed by atoms with van der Waals surface area (Å²) in [6.07, 6.45) is 2.60. The number of ketones is 1. The molecule has 172 valence electrons. The summed E-state index contributed by atoms with van der Waals surface area (Å²) >= 11 is 7.38. The Labute approximate surface area is 205 Å². The van der Waals surface area contributed by atoms with Crippen LogP contribution in [0.3, 0.4) is 0 Å². The van der Waals surface area contributed by atoms with Crippen molar-refractivity contribution >= 4 is 28.7 Å². The zero-order chi connectivity index (χ0) is 24.0. The van der Waals surface area contributed by atoms with Crippen molar-refractivity contribution in [2.45, 2.75) is 26.7 Å². The fraction of sp³-hybridized carbons (Fsp3) is 0.231. The van der Waals surface area contributed by atoms with Crippen molar-refractivity contribution in [1.82, 2.24) is 14.5 Å². The number of thiazole rings is 1. The molecule has 0 unspecified atom stereocenters. The number of hydrogen-bond donors (Lipinski definition) is 0. The summed E-state index contributed by atoms with van der Waals surface area (Å²) in [5.41, 5.74) is 3.23. The standard InChI is InChI=1S/C26H22ClN3O3S/c1-26(2)12-21-17(22(31)13-26)11-18(25(32)30(21)20-5-4-10-28-23(20)33-3)24-29-19(14-34-24)15-6-8-16(27)9-7-15/h4-11,14H,12-13H2,1-3H3. The molecule has 0 atom stereocenters. The minimum Gasteiger partial charge on any atom is -0.480 e. The van der Waals surface area contributed by atoms with Crippen molar-refractivity contribution in [1.29, 1.82) is 0 Å². The third-order valence-corrected chi connectivity index (χ3v) is 7.08. The average Bonchev–Trinajstić information content (AvgIpc) is 3.28. The highest BCUT2D eigenvalue weighted by Gasteiger charge is 2.35. The molecule has 0 amide bonds. The molecule has 1 aliphatic carbocycles. The second-order valence-electron chi connectivity index (χ2n) is 9.08. The van der Waals surface area contributed by atoms with Gasteiger partial charge in [-0.3, -0.25) is 14.2 Å². The molecule has 0 radical (unpaired) electrons. The maximum Gasteiger partial charge on any atom is 0.265 e. The van der Waals surface area contributed by atoms with E-state index >= 15 is 0 Å². The lowest BCUT2D eigenvalue weighted by molar-refractivity contribution is 0.0909. The molecule has 34 heavy (non-hydrogen) atoms. The first-order valence-electron chi connectivity index (χ1n) is 10.8. The molecule has 3 aromatic heterocycles. The topological polar surface area (TPSA) is 74.1 Å². The predicted octanol–water partition coefficient (Wildman–Crippen LogP) is 5.84. The highest BCUT2D eigenvalue weighted by molar-refractivity contribution is 7.13. The van der Waals surface area contributed by atoms with Crippen LogP contribution in [0.1, 0.15) is 36.3 Å². The normalized spacial score (nSPS) is 14.6. The number of hydrogen-bond acceptors (Lipinski definition) is 6. The van der Waals surface area contributed by atoms with Crippen molar-refractivity contribution in [2.75, 3.05) is 7.11 Å². The molecule has 6 nitrogen and oxygen atoms in total. The number of rotatable bonds is 4. The van der Waals surface area contributed by atoms with Gasteiger partial charge in [-0.25, -0.2) is 9.97 Å². The number of aromatic nitrogens is 3. The van der Waals surface area contributed by atoms with E-state index in [0.29, 0.717) is 51.3 Å². The molecule has 1 aromatic carbocycles. The third-order valence-electron chi connectivity index (χ3n) is 5.95. The van der Waals surface area contributed by atoms with E-state index in [0.717, 1.165) is 11.3 Å². The first kappa shape index (κ1) is 22.5. The minimum absolute atomic E-state index is 0.0126. The average molecular weight is 492 g/mol. The van der Waals surface area contributed by atoms with E-state index in [1.165, 1.54) is 18.4 Å². The van der Waals surface area contributed by atoms with Crippen LogP contribution in [0.15, 0.2) is 58.8 Å². The molecule has 0 aliphatic heterocycles. The summed E-state index contributed by atoms with van der Waals surface area (Å²) in [6.45, 7) is 4.08. The summed E-state index contributed by atoms with van der Waals surface area (Å²) in [5, 5.41) is 3.09. The third kappa shape index (κ3) is 3.95. The lowest BCUT2D eigenvalue weighted by Gasteiger charge is -2.32. The van der Waals surface area contributed by atoms with Gasteiger partial charge in [-0.15, -0.1) is 11.3 Å². The van der Waals surface area contributed by atoms with E-state index in [4.69, 9.17) is 21.3 Å². The van der Waals surface area contributed by atoms with Gasteiger partial charge in [0, 0.05) is 39.8 Å². The molecular formula is C26H22ClN3O3S. The maximum atomic E-state index is 13.9. The molecule has 4 aromatic rings. The minimum atomic E-state index is -0.266. The van der Waals surface area contributed by atoms with Gasteiger partial charge in [0.15, 0.2) is 5.78 Å². The van der Waals surface area contributed by atoms with Gasteiger partial charge in [0.05, 0.1) is 18.4 Å². The van der Waals surface area contributed by atoms with Crippen LogP contribution in [-0.2, 0) is 6.42 Å². The first-order valence-corrected chi connectivity index (χ1v) is 12.1. The van der Waals surface area contributed by atoms with Crippen LogP contribution in [0.2, 0.25) is 5.02 Å². The van der Waals surface area contributed by atoms with Gasteiger partial charge in [-0.1, -0.05) is 37.6 Å². The van der Waals surface area contributed by atoms with Gasteiger partial charge in [0.1, 0.15) is 10.7 Å². The van der Waals surface area contributed by atoms with Crippen LogP contribution in [0.5, 0.6) is 5.88 Å². The summed E-state index contributed by atoms with van der Waals surface area (Å²) < 4.78 is 7.04. The van der Waals surface area contributed by atoms with Crippen LogP contribution in [0.25, 0.3) is 27.5 Å². The second-order valence-corrected chi connectivity index (χ2v) is 10.4. The number of ether oxygens (including phenoxy) is 1. The van der Waals surface area contributed by atoms with Crippen molar-refractivity contribution in [2.24, 2.45) is 5.41 Å². The van der Waals surface area contributed by atoms with Crippen LogP contribution in [0.4, 0.5) is 0 Å². The molecule has 3 heterocycles. The number of benzene rings is 1. The van der Waals surface area contributed by atoms with Crippen LogP contribution in [0, 0.1) is 5.41 Å². The molecular weight excluding hydrogens is 470 g/mol. The zero-order valence-electron chi connectivity index (χ0n) is 19.0. The number of fused-ring (bicyclic) bond motifs is 1. The van der Waals surface area contributed by atoms with Gasteiger partial charge in [-0.2, -0.15) is 0 Å². The van der Waals surface area contributed by atoms with E-state index < -0.39 is 0 Å². The summed E-state index contributed by atoms with van der Waals surface area (Å²) in [6, 6.07) is 12.6. The Hall–Kier alpha value is -3.29. The lowest BCUT2D eigenvalue weighted by Crippen LogP contribution is -2.35. The fourth-order valence-corrected chi connectivity index (χ4v) is 5.35. The number of methoxy groups -OCH3 is 1. The summed E-state index contributed by atoms with van der Waals surface area (Å²) in [5.74, 6) is 0.333. The Balaban J connectivity index is 1.75. The van der Waals surface area contributed by atoms with Crippen molar-refractivity contribution in [3.8, 4) is 33.4 Å². The van der Waals surface area contributed by atoms with E-state index in [1.54, 1.807) is 41.1 Å². The molecule has 5 rings (SSSR count). The van der Waals surface area contributed by atoms with Crippen molar-refractivity contribution in [3.63, 3.8) is 0 Å². The molecule has 1 aliphatic rings. The fourth-order valence-electron chi connectivity index (χ4n) is 4.38. The smallest absolute Gasteiger partial charge is 0.265 e. The number of nitrogens with zero attached hydrogens (tertiary/aromatic N) is 3. The Morgan fingerprint density at radius 1 is 1.09 bits per heavy atom. The van der Waals surface area contributed by atoms with Crippen LogP contribution in [-0.4, -0.2) is 27.4 Å². The molecule has 0 saturated heterocycles. The van der Waals surface area contributed by atoms with Gasteiger partial charge in [0.25, 0.3) is 5.56 Å². The molecule has 0 N–H and O–H groups in total. The SMILES string of the molecule is COc1ncccc1-n1c2c(cc(-c3nc(-c4ccc(Cl)cc4)cs3)c1=O)C(=O)CC(C)(C)C2. The van der Waals surface area contributed by atoms with E-state index in [2.05, 4.69) is 4.98 Å². The molecule has 0 fully saturated rings. The van der Waals surface area contributed by atoms with Crippen LogP contribution < -0.4 is 10.3 Å². The second kappa shape index (κ2) is 8.49. The van der Waals surface area contributed by atoms with Gasteiger partial charge in [0.2, 0.25) is 5.88 Å². The van der Waals surface area contributed by atoms with Crippen LogP contribution >= 0.6 is 22.9 Å². The van der Waals surface area contributed by atoms with Crippen molar-refractivity contribution < 1.29 is 9.53 Å². The lowest BCUT2D eigenvalue weighted by atomic mass is 9.75.